The number of hydrazine groups is 1. The summed E-state index contributed by atoms with van der Waals surface area (Å²) in [5.41, 5.74) is 3.14. The van der Waals surface area contributed by atoms with Crippen LogP contribution in [0.1, 0.15) is 47.0 Å². The Balaban J connectivity index is 4.06. The molecule has 0 saturated carbocycles. The van der Waals surface area contributed by atoms with E-state index in [0.717, 1.165) is 19.3 Å². The number of hydrogen-bond donors (Lipinski definition) is 2. The van der Waals surface area contributed by atoms with E-state index in [9.17, 15) is 0 Å². The zero-order valence-electron chi connectivity index (χ0n) is 9.28. The van der Waals surface area contributed by atoms with Crippen LogP contribution in [0.15, 0.2) is 0 Å². The quantitative estimate of drug-likeness (QED) is 0.388. The lowest BCUT2D eigenvalue weighted by atomic mass is 9.80. The van der Waals surface area contributed by atoms with Gasteiger partial charge in [-0.05, 0) is 25.2 Å². The van der Waals surface area contributed by atoms with Crippen LogP contribution in [0.3, 0.4) is 0 Å². The van der Waals surface area contributed by atoms with Gasteiger partial charge in [0.25, 0.3) is 0 Å². The molecule has 76 valence electrons. The average molecular weight is 182 g/mol. The third kappa shape index (κ3) is 4.31. The molecule has 0 heterocycles. The summed E-state index contributed by atoms with van der Waals surface area (Å²) >= 11 is 0. The smallest absolute Gasteiger partial charge is 0.0270 e. The first-order valence-electron chi connectivity index (χ1n) is 4.94. The molecule has 0 bridgehead atoms. The maximum Gasteiger partial charge on any atom is 0.0270 e. The van der Waals surface area contributed by atoms with Crippen molar-refractivity contribution in [2.75, 3.05) is 0 Å². The summed E-state index contributed by atoms with van der Waals surface area (Å²) in [4.78, 5) is 0. The summed E-state index contributed by atoms with van der Waals surface area (Å²) in [6.45, 7) is 8.53. The summed E-state index contributed by atoms with van der Waals surface area (Å²) in [5.74, 6) is 11.5. The van der Waals surface area contributed by atoms with Gasteiger partial charge in [-0.3, -0.25) is 11.3 Å². The molecule has 0 aromatic heterocycles. The maximum atomic E-state index is 5.52. The summed E-state index contributed by atoms with van der Waals surface area (Å²) in [6, 6.07) is 0.360. The zero-order valence-corrected chi connectivity index (χ0v) is 9.28. The van der Waals surface area contributed by atoms with E-state index in [1.165, 1.54) is 0 Å². The Bertz CT molecular complexity index is 186. The van der Waals surface area contributed by atoms with Gasteiger partial charge in [0, 0.05) is 12.5 Å². The highest BCUT2D eigenvalue weighted by Gasteiger charge is 2.25. The van der Waals surface area contributed by atoms with Crippen LogP contribution in [0.2, 0.25) is 0 Å². The Morgan fingerprint density at radius 1 is 1.46 bits per heavy atom. The standard InChI is InChI=1S/C11H22N2/c1-5-7-8-9-10(13-12)11(3,4)6-2/h10,13H,6,8-9,12H2,1-4H3. The van der Waals surface area contributed by atoms with E-state index in [1.807, 2.05) is 6.92 Å². The van der Waals surface area contributed by atoms with Gasteiger partial charge in [-0.15, -0.1) is 11.8 Å². The molecular formula is C11H22N2. The fraction of sp³-hybridized carbons (Fsp3) is 0.818. The summed E-state index contributed by atoms with van der Waals surface area (Å²) in [7, 11) is 0. The lowest BCUT2D eigenvalue weighted by Gasteiger charge is -2.32. The second-order valence-corrected chi connectivity index (χ2v) is 4.03. The van der Waals surface area contributed by atoms with Gasteiger partial charge in [-0.1, -0.05) is 20.8 Å². The largest absolute Gasteiger partial charge is 0.271 e. The van der Waals surface area contributed by atoms with E-state index in [2.05, 4.69) is 38.0 Å². The van der Waals surface area contributed by atoms with Gasteiger partial charge in [0.2, 0.25) is 0 Å². The van der Waals surface area contributed by atoms with E-state index in [4.69, 9.17) is 5.84 Å². The summed E-state index contributed by atoms with van der Waals surface area (Å²) < 4.78 is 0. The van der Waals surface area contributed by atoms with E-state index in [1.54, 1.807) is 0 Å². The highest BCUT2D eigenvalue weighted by atomic mass is 15.2. The molecule has 0 radical (unpaired) electrons. The van der Waals surface area contributed by atoms with Crippen LogP contribution < -0.4 is 11.3 Å². The fourth-order valence-corrected chi connectivity index (χ4v) is 1.29. The molecule has 1 unspecified atom stereocenters. The zero-order chi connectivity index (χ0) is 10.3. The molecule has 2 heteroatoms. The molecule has 1 atom stereocenters. The van der Waals surface area contributed by atoms with Gasteiger partial charge in [0.1, 0.15) is 0 Å². The first kappa shape index (κ1) is 12.5. The highest BCUT2D eigenvalue weighted by Crippen LogP contribution is 2.26. The molecule has 0 amide bonds. The summed E-state index contributed by atoms with van der Waals surface area (Å²) in [6.07, 6.45) is 3.08. The Kier molecular flexibility index (Phi) is 5.77. The number of hydrogen-bond acceptors (Lipinski definition) is 2. The van der Waals surface area contributed by atoms with E-state index < -0.39 is 0 Å². The molecule has 0 aromatic rings. The monoisotopic (exact) mass is 182 g/mol. The van der Waals surface area contributed by atoms with Crippen molar-refractivity contribution in [3.05, 3.63) is 0 Å². The lowest BCUT2D eigenvalue weighted by molar-refractivity contribution is 0.223. The molecule has 3 N–H and O–H groups in total. The van der Waals surface area contributed by atoms with Crippen molar-refractivity contribution in [1.29, 1.82) is 0 Å². The predicted molar refractivity (Wildman–Crippen MR) is 57.9 cm³/mol. The van der Waals surface area contributed by atoms with Gasteiger partial charge < -0.3 is 0 Å². The first-order chi connectivity index (χ1) is 6.08. The Morgan fingerprint density at radius 3 is 2.46 bits per heavy atom. The molecule has 0 fully saturated rings. The van der Waals surface area contributed by atoms with Crippen molar-refractivity contribution in [2.24, 2.45) is 11.3 Å². The Morgan fingerprint density at radius 2 is 2.08 bits per heavy atom. The van der Waals surface area contributed by atoms with Crippen LogP contribution in [0.5, 0.6) is 0 Å². The van der Waals surface area contributed by atoms with Crippen molar-refractivity contribution in [3.63, 3.8) is 0 Å². The molecule has 2 nitrogen and oxygen atoms in total. The molecular weight excluding hydrogens is 160 g/mol. The molecule has 0 aliphatic carbocycles. The van der Waals surface area contributed by atoms with Crippen LogP contribution in [0.25, 0.3) is 0 Å². The molecule has 0 aliphatic rings. The lowest BCUT2D eigenvalue weighted by Crippen LogP contribution is -2.45. The first-order valence-corrected chi connectivity index (χ1v) is 4.94. The SMILES string of the molecule is CC#CCCC(NN)C(C)(C)CC. The molecule has 0 rings (SSSR count). The predicted octanol–water partition coefficient (Wildman–Crippen LogP) is 2.06. The topological polar surface area (TPSA) is 38.0 Å². The van der Waals surface area contributed by atoms with Crippen LogP contribution in [-0.2, 0) is 0 Å². The van der Waals surface area contributed by atoms with E-state index >= 15 is 0 Å². The third-order valence-electron chi connectivity index (χ3n) is 2.79. The maximum absolute atomic E-state index is 5.52. The van der Waals surface area contributed by atoms with Crippen molar-refractivity contribution in [1.82, 2.24) is 5.43 Å². The molecule has 0 saturated heterocycles. The fourth-order valence-electron chi connectivity index (χ4n) is 1.29. The average Bonchev–Trinajstić information content (AvgIpc) is 2.12. The van der Waals surface area contributed by atoms with Crippen LogP contribution in [0.4, 0.5) is 0 Å². The molecule has 0 spiro atoms. The van der Waals surface area contributed by atoms with Crippen LogP contribution in [0, 0.1) is 17.3 Å². The molecule has 0 aromatic carbocycles. The number of rotatable bonds is 5. The molecule has 0 aliphatic heterocycles. The Labute approximate surface area is 82.2 Å². The minimum atomic E-state index is 0.254. The summed E-state index contributed by atoms with van der Waals surface area (Å²) in [5, 5.41) is 0. The van der Waals surface area contributed by atoms with Gasteiger partial charge in [-0.25, -0.2) is 0 Å². The van der Waals surface area contributed by atoms with Crippen molar-refractivity contribution < 1.29 is 0 Å². The number of nitrogens with one attached hydrogen (secondary N) is 1. The van der Waals surface area contributed by atoms with Crippen molar-refractivity contribution in [2.45, 2.75) is 53.0 Å². The van der Waals surface area contributed by atoms with Gasteiger partial charge in [-0.2, -0.15) is 0 Å². The number of nitrogens with two attached hydrogens (primary N) is 1. The minimum absolute atomic E-state index is 0.254. The van der Waals surface area contributed by atoms with Crippen LogP contribution in [-0.4, -0.2) is 6.04 Å². The third-order valence-corrected chi connectivity index (χ3v) is 2.79. The van der Waals surface area contributed by atoms with E-state index in [-0.39, 0.29) is 5.41 Å². The van der Waals surface area contributed by atoms with Gasteiger partial charge >= 0.3 is 0 Å². The van der Waals surface area contributed by atoms with Crippen LogP contribution >= 0.6 is 0 Å². The Hall–Kier alpha value is -0.520. The molecule has 13 heavy (non-hydrogen) atoms. The van der Waals surface area contributed by atoms with Gasteiger partial charge in [0.15, 0.2) is 0 Å². The van der Waals surface area contributed by atoms with Crippen molar-refractivity contribution in [3.8, 4) is 11.8 Å². The second-order valence-electron chi connectivity index (χ2n) is 4.03. The van der Waals surface area contributed by atoms with Crippen molar-refractivity contribution >= 4 is 0 Å². The second kappa shape index (κ2) is 6.01. The minimum Gasteiger partial charge on any atom is -0.271 e. The van der Waals surface area contributed by atoms with E-state index in [0.29, 0.717) is 6.04 Å². The van der Waals surface area contributed by atoms with Gasteiger partial charge in [0.05, 0.1) is 0 Å². The normalized spacial score (nSPS) is 13.3. The highest BCUT2D eigenvalue weighted by molar-refractivity contribution is 4.96.